The summed E-state index contributed by atoms with van der Waals surface area (Å²) < 4.78 is 6.13. The zero-order valence-corrected chi connectivity index (χ0v) is 12.1. The third-order valence-electron chi connectivity index (χ3n) is 3.92. The van der Waals surface area contributed by atoms with Crippen molar-refractivity contribution in [2.24, 2.45) is 4.99 Å². The molecular weight excluding hydrogens is 312 g/mol. The summed E-state index contributed by atoms with van der Waals surface area (Å²) in [5.74, 6) is -2.23. The Balaban J connectivity index is 2.01. The van der Waals surface area contributed by atoms with Gasteiger partial charge >= 0.3 is 5.97 Å². The lowest BCUT2D eigenvalue weighted by Gasteiger charge is -2.38. The second-order valence-corrected chi connectivity index (χ2v) is 5.85. The molecule has 0 aromatic heterocycles. The second kappa shape index (κ2) is 4.19. The van der Waals surface area contributed by atoms with E-state index in [-0.39, 0.29) is 6.02 Å². The van der Waals surface area contributed by atoms with Gasteiger partial charge < -0.3 is 20.3 Å². The van der Waals surface area contributed by atoms with Crippen LogP contribution in [0.5, 0.6) is 0 Å². The molecule has 0 amide bonds. The van der Waals surface area contributed by atoms with E-state index in [2.05, 4.69) is 26.2 Å². The Morgan fingerprint density at radius 2 is 2.21 bits per heavy atom. The van der Waals surface area contributed by atoms with Gasteiger partial charge in [0.15, 0.2) is 0 Å². The molecule has 1 fully saturated rings. The van der Waals surface area contributed by atoms with Crippen LogP contribution < -0.4 is 5.32 Å². The van der Waals surface area contributed by atoms with Crippen LogP contribution in [0.2, 0.25) is 0 Å². The highest BCUT2D eigenvalue weighted by Crippen LogP contribution is 2.41. The van der Waals surface area contributed by atoms with Gasteiger partial charge in [-0.2, -0.15) is 0 Å². The van der Waals surface area contributed by atoms with E-state index in [0.717, 1.165) is 16.5 Å². The van der Waals surface area contributed by atoms with Crippen LogP contribution in [0, 0.1) is 0 Å². The predicted molar refractivity (Wildman–Crippen MR) is 73.6 cm³/mol. The molecule has 0 saturated carbocycles. The van der Waals surface area contributed by atoms with Crippen LogP contribution in [0.4, 0.5) is 0 Å². The minimum atomic E-state index is -2.23. The summed E-state index contributed by atoms with van der Waals surface area (Å²) in [6.45, 7) is 0. The lowest BCUT2D eigenvalue weighted by atomic mass is 9.76. The largest absolute Gasteiger partial charge is 0.406 e. The Morgan fingerprint density at radius 1 is 1.42 bits per heavy atom. The lowest BCUT2D eigenvalue weighted by molar-refractivity contribution is -0.323. The van der Waals surface area contributed by atoms with Crippen molar-refractivity contribution in [3.05, 3.63) is 33.8 Å². The minimum Gasteiger partial charge on any atom is -0.406 e. The summed E-state index contributed by atoms with van der Waals surface area (Å²) in [5.41, 5.74) is 1.37. The van der Waals surface area contributed by atoms with E-state index in [1.807, 2.05) is 18.2 Å². The Morgan fingerprint density at radius 3 is 2.89 bits per heavy atom. The van der Waals surface area contributed by atoms with Gasteiger partial charge in [-0.15, -0.1) is 0 Å². The number of ether oxygens (including phenoxy) is 1. The molecular formula is C13H15BrN2O3. The molecule has 1 aliphatic carbocycles. The molecule has 1 atom stereocenters. The average Bonchev–Trinajstić information content (AvgIpc) is 2.61. The highest BCUT2D eigenvalue weighted by atomic mass is 79.9. The Labute approximate surface area is 119 Å². The fraction of sp³-hybridized carbons (Fsp3) is 0.462. The van der Waals surface area contributed by atoms with Crippen molar-refractivity contribution in [2.75, 3.05) is 7.05 Å². The van der Waals surface area contributed by atoms with Crippen molar-refractivity contribution in [2.45, 2.75) is 30.8 Å². The first-order valence-electron chi connectivity index (χ1n) is 6.12. The third kappa shape index (κ3) is 1.86. The number of halogens is 1. The quantitative estimate of drug-likeness (QED) is 0.620. The first kappa shape index (κ1) is 12.9. The molecule has 1 spiro atoms. The summed E-state index contributed by atoms with van der Waals surface area (Å²) in [4.78, 5) is 3.86. The van der Waals surface area contributed by atoms with Crippen LogP contribution in [-0.2, 0) is 17.6 Å². The molecule has 6 heteroatoms. The summed E-state index contributed by atoms with van der Waals surface area (Å²) >= 11 is 3.53. The minimum absolute atomic E-state index is 0.170. The summed E-state index contributed by atoms with van der Waals surface area (Å²) in [6.07, 6.45) is 1.79. The number of amidine groups is 1. The predicted octanol–water partition coefficient (Wildman–Crippen LogP) is 0.921. The van der Waals surface area contributed by atoms with E-state index in [4.69, 9.17) is 4.74 Å². The van der Waals surface area contributed by atoms with Crippen LogP contribution in [0.25, 0.3) is 0 Å². The zero-order chi connectivity index (χ0) is 13.7. The van der Waals surface area contributed by atoms with Gasteiger partial charge in [0.2, 0.25) is 0 Å². The molecule has 0 bridgehead atoms. The maximum absolute atomic E-state index is 10.1. The molecule has 3 N–H and O–H groups in total. The van der Waals surface area contributed by atoms with Gasteiger partial charge in [0.05, 0.1) is 0 Å². The molecule has 3 rings (SSSR count). The SMILES string of the molecule is CN=C1NC2(CCc3c(Br)cccc3C2)C(O)(O)O1. The highest BCUT2D eigenvalue weighted by Gasteiger charge is 2.59. The van der Waals surface area contributed by atoms with E-state index in [1.165, 1.54) is 5.56 Å². The van der Waals surface area contributed by atoms with Gasteiger partial charge in [0.1, 0.15) is 5.54 Å². The molecule has 1 saturated heterocycles. The van der Waals surface area contributed by atoms with Gasteiger partial charge in [0, 0.05) is 17.9 Å². The van der Waals surface area contributed by atoms with Crippen LogP contribution in [0.3, 0.4) is 0 Å². The van der Waals surface area contributed by atoms with E-state index < -0.39 is 11.5 Å². The second-order valence-electron chi connectivity index (χ2n) is 5.00. The van der Waals surface area contributed by atoms with Crippen molar-refractivity contribution in [3.63, 3.8) is 0 Å². The number of rotatable bonds is 0. The average molecular weight is 327 g/mol. The van der Waals surface area contributed by atoms with Crippen molar-refractivity contribution in [3.8, 4) is 0 Å². The monoisotopic (exact) mass is 326 g/mol. The fourth-order valence-electron chi connectivity index (χ4n) is 2.83. The standard InChI is InChI=1S/C13H15BrN2O3/c1-15-11-16-12(13(17,18)19-11)6-5-9-8(7-12)3-2-4-10(9)14/h2-4,17-18H,5-7H2,1H3,(H,15,16). The molecule has 1 aromatic carbocycles. The first-order valence-corrected chi connectivity index (χ1v) is 6.92. The number of aliphatic hydroxyl groups is 2. The van der Waals surface area contributed by atoms with Crippen molar-refractivity contribution in [1.29, 1.82) is 0 Å². The van der Waals surface area contributed by atoms with Gasteiger partial charge in [-0.1, -0.05) is 28.1 Å². The van der Waals surface area contributed by atoms with E-state index in [1.54, 1.807) is 7.05 Å². The number of benzene rings is 1. The van der Waals surface area contributed by atoms with Crippen LogP contribution >= 0.6 is 15.9 Å². The number of nitrogens with zero attached hydrogens (tertiary/aromatic N) is 1. The Kier molecular flexibility index (Phi) is 2.85. The highest BCUT2D eigenvalue weighted by molar-refractivity contribution is 9.10. The van der Waals surface area contributed by atoms with Gasteiger partial charge in [0.25, 0.3) is 6.02 Å². The van der Waals surface area contributed by atoms with Crippen molar-refractivity contribution < 1.29 is 14.9 Å². The molecule has 102 valence electrons. The maximum Gasteiger partial charge on any atom is 0.349 e. The maximum atomic E-state index is 10.1. The van der Waals surface area contributed by atoms with Gasteiger partial charge in [-0.05, 0) is 30.0 Å². The van der Waals surface area contributed by atoms with E-state index >= 15 is 0 Å². The molecule has 2 aliphatic rings. The number of aliphatic imine (C=N–C) groups is 1. The molecule has 0 radical (unpaired) electrons. The number of hydrogen-bond acceptors (Lipinski definition) is 4. The Bertz CT molecular complexity index is 559. The molecule has 1 heterocycles. The molecule has 1 aliphatic heterocycles. The summed E-state index contributed by atoms with van der Waals surface area (Å²) in [7, 11) is 1.55. The van der Waals surface area contributed by atoms with Crippen molar-refractivity contribution >= 4 is 22.0 Å². The lowest BCUT2D eigenvalue weighted by Crippen LogP contribution is -2.60. The molecule has 5 nitrogen and oxygen atoms in total. The number of hydrogen-bond donors (Lipinski definition) is 3. The smallest absolute Gasteiger partial charge is 0.349 e. The molecule has 19 heavy (non-hydrogen) atoms. The first-order chi connectivity index (χ1) is 8.97. The summed E-state index contributed by atoms with van der Waals surface area (Å²) in [5, 5.41) is 23.3. The fourth-order valence-corrected chi connectivity index (χ4v) is 3.44. The topological polar surface area (TPSA) is 74.1 Å². The van der Waals surface area contributed by atoms with E-state index in [0.29, 0.717) is 12.8 Å². The van der Waals surface area contributed by atoms with Crippen molar-refractivity contribution in [1.82, 2.24) is 5.32 Å². The number of nitrogens with one attached hydrogen (secondary N) is 1. The normalized spacial score (nSPS) is 30.0. The summed E-state index contributed by atoms with van der Waals surface area (Å²) in [6, 6.07) is 6.12. The van der Waals surface area contributed by atoms with Crippen LogP contribution in [-0.4, -0.2) is 34.8 Å². The third-order valence-corrected chi connectivity index (χ3v) is 4.66. The molecule has 1 unspecified atom stereocenters. The van der Waals surface area contributed by atoms with Crippen LogP contribution in [0.15, 0.2) is 27.7 Å². The van der Waals surface area contributed by atoms with E-state index in [9.17, 15) is 10.2 Å². The number of fused-ring (bicyclic) bond motifs is 1. The zero-order valence-electron chi connectivity index (χ0n) is 10.5. The van der Waals surface area contributed by atoms with Gasteiger partial charge in [-0.3, -0.25) is 0 Å². The Hall–Kier alpha value is -1.11. The molecule has 1 aromatic rings. The van der Waals surface area contributed by atoms with Gasteiger partial charge in [-0.25, -0.2) is 4.99 Å². The van der Waals surface area contributed by atoms with Crippen LogP contribution in [0.1, 0.15) is 17.5 Å².